The number of hydrogen-bond donors (Lipinski definition) is 2. The van der Waals surface area contributed by atoms with Crippen molar-refractivity contribution in [3.8, 4) is 5.75 Å². The summed E-state index contributed by atoms with van der Waals surface area (Å²) >= 11 is 6.38. The molecule has 1 aliphatic rings. The first-order chi connectivity index (χ1) is 24.0. The second-order valence-electron chi connectivity index (χ2n) is 13.6. The number of fused-ring (bicyclic) bond motifs is 3. The number of pyridine rings is 2. The number of aryl methyl sites for hydroxylation is 5. The Morgan fingerprint density at radius 2 is 1.60 bits per heavy atom. The van der Waals surface area contributed by atoms with Crippen molar-refractivity contribution >= 4 is 54.8 Å². The number of nitrogens with zero attached hydrogens (tertiary/aromatic N) is 3. The first-order valence-electron chi connectivity index (χ1n) is 17.6. The second-order valence-corrected chi connectivity index (χ2v) is 16.0. The van der Waals surface area contributed by atoms with E-state index in [9.17, 15) is 8.42 Å². The molecule has 5 aromatic rings. The smallest absolute Gasteiger partial charge is 0.243 e. The summed E-state index contributed by atoms with van der Waals surface area (Å²) in [6.07, 6.45) is 6.15. The van der Waals surface area contributed by atoms with Crippen molar-refractivity contribution < 1.29 is 22.3 Å². The molecular formula is C40H50ClN5O3S+2. The van der Waals surface area contributed by atoms with Crippen LogP contribution in [0.4, 0.5) is 11.4 Å². The van der Waals surface area contributed by atoms with E-state index in [4.69, 9.17) is 16.3 Å². The van der Waals surface area contributed by atoms with Crippen LogP contribution in [-0.4, -0.2) is 46.0 Å². The summed E-state index contributed by atoms with van der Waals surface area (Å²) in [6.45, 7) is 8.37. The molecule has 0 radical (unpaired) electrons. The van der Waals surface area contributed by atoms with Gasteiger partial charge in [-0.1, -0.05) is 11.6 Å². The highest BCUT2D eigenvalue weighted by atomic mass is 35.5. The maximum atomic E-state index is 14.0. The summed E-state index contributed by atoms with van der Waals surface area (Å²) in [5.74, 6) is 0.621. The summed E-state index contributed by atoms with van der Waals surface area (Å²) in [4.78, 5) is 0.261. The molecule has 0 fully saturated rings. The van der Waals surface area contributed by atoms with Crippen LogP contribution < -0.4 is 24.5 Å². The number of halogens is 1. The molecule has 8 nitrogen and oxygen atoms in total. The van der Waals surface area contributed by atoms with Crippen LogP contribution >= 0.6 is 11.6 Å². The number of ether oxygens (including phenoxy) is 1. The molecule has 0 atom stereocenters. The van der Waals surface area contributed by atoms with Gasteiger partial charge in [0.25, 0.3) is 0 Å². The van der Waals surface area contributed by atoms with Crippen LogP contribution in [0.1, 0.15) is 53.8 Å². The Balaban J connectivity index is 1.19. The summed E-state index contributed by atoms with van der Waals surface area (Å²) in [6, 6.07) is 19.2. The standard InChI is InChI=1S/C40H48ClN5O3S/c1-27-23-28(2)40-35(24-27)39(33-11-7-8-12-37(33)45(40)5)43-19-9-10-21-46(50(47,48)32-16-14-31(49-6)15-17-32)22-20-42-36-25-29(3)44(4)38-18-13-30(41)26-34(36)38/h13-18,23-26H,7-12,19-22H2,1-6H3/p+2. The zero-order valence-electron chi connectivity index (χ0n) is 30.2. The van der Waals surface area contributed by atoms with Crippen molar-refractivity contribution in [3.63, 3.8) is 0 Å². The minimum absolute atomic E-state index is 0.261. The fraction of sp³-hybridized carbons (Fsp3) is 0.400. The van der Waals surface area contributed by atoms with Crippen molar-refractivity contribution in [3.05, 3.63) is 93.8 Å². The van der Waals surface area contributed by atoms with Gasteiger partial charge >= 0.3 is 0 Å². The lowest BCUT2D eigenvalue weighted by atomic mass is 9.91. The van der Waals surface area contributed by atoms with E-state index in [1.54, 1.807) is 35.7 Å². The van der Waals surface area contributed by atoms with Crippen LogP contribution in [0.2, 0.25) is 5.02 Å². The van der Waals surface area contributed by atoms with Gasteiger partial charge in [0.1, 0.15) is 19.8 Å². The highest BCUT2D eigenvalue weighted by Gasteiger charge is 2.28. The van der Waals surface area contributed by atoms with E-state index in [1.165, 1.54) is 51.8 Å². The summed E-state index contributed by atoms with van der Waals surface area (Å²) < 4.78 is 39.5. The van der Waals surface area contributed by atoms with Gasteiger partial charge in [0, 0.05) is 67.8 Å². The Hall–Kier alpha value is -3.92. The quantitative estimate of drug-likeness (QED) is 0.101. The fourth-order valence-electron chi connectivity index (χ4n) is 7.55. The molecule has 1 aliphatic carbocycles. The molecule has 0 unspecified atom stereocenters. The lowest BCUT2D eigenvalue weighted by molar-refractivity contribution is -0.653. The van der Waals surface area contributed by atoms with Crippen molar-refractivity contribution in [2.75, 3.05) is 43.9 Å². The Labute approximate surface area is 302 Å². The van der Waals surface area contributed by atoms with Crippen molar-refractivity contribution in [1.82, 2.24) is 4.31 Å². The van der Waals surface area contributed by atoms with E-state index in [1.807, 2.05) is 25.2 Å². The number of nitrogens with one attached hydrogen (secondary N) is 2. The van der Waals surface area contributed by atoms with Gasteiger partial charge in [-0.2, -0.15) is 13.4 Å². The fourth-order valence-corrected chi connectivity index (χ4v) is 9.20. The molecule has 2 heterocycles. The van der Waals surface area contributed by atoms with Gasteiger partial charge in [0.15, 0.2) is 11.4 Å². The minimum Gasteiger partial charge on any atom is -0.497 e. The van der Waals surface area contributed by atoms with Crippen LogP contribution in [0.3, 0.4) is 0 Å². The number of sulfonamides is 1. The third-order valence-electron chi connectivity index (χ3n) is 10.2. The van der Waals surface area contributed by atoms with Crippen LogP contribution in [0.15, 0.2) is 65.6 Å². The van der Waals surface area contributed by atoms with Gasteiger partial charge in [0.05, 0.1) is 34.2 Å². The third-order valence-corrected chi connectivity index (χ3v) is 12.3. The zero-order chi connectivity index (χ0) is 35.6. The molecule has 0 amide bonds. The summed E-state index contributed by atoms with van der Waals surface area (Å²) in [7, 11) is 2.07. The van der Waals surface area contributed by atoms with Crippen molar-refractivity contribution in [2.24, 2.45) is 14.1 Å². The Bertz CT molecular complexity index is 2150. The van der Waals surface area contributed by atoms with Crippen LogP contribution in [0.25, 0.3) is 21.8 Å². The van der Waals surface area contributed by atoms with E-state index >= 15 is 0 Å². The highest BCUT2D eigenvalue weighted by Crippen LogP contribution is 2.34. The van der Waals surface area contributed by atoms with E-state index in [0.717, 1.165) is 54.5 Å². The van der Waals surface area contributed by atoms with Gasteiger partial charge in [-0.3, -0.25) is 0 Å². The average Bonchev–Trinajstić information content (AvgIpc) is 3.10. The maximum Gasteiger partial charge on any atom is 0.243 e. The number of hydrogen-bond acceptors (Lipinski definition) is 5. The number of rotatable bonds is 13. The Kier molecular flexibility index (Phi) is 10.9. The number of unbranched alkanes of at least 4 members (excludes halogenated alkanes) is 1. The molecule has 2 N–H and O–H groups in total. The van der Waals surface area contributed by atoms with Gasteiger partial charge in [0.2, 0.25) is 21.1 Å². The molecule has 6 rings (SSSR count). The van der Waals surface area contributed by atoms with E-state index in [-0.39, 0.29) is 4.90 Å². The van der Waals surface area contributed by atoms with E-state index in [2.05, 4.69) is 65.8 Å². The number of anilines is 2. The van der Waals surface area contributed by atoms with E-state index in [0.29, 0.717) is 30.4 Å². The zero-order valence-corrected chi connectivity index (χ0v) is 31.8. The van der Waals surface area contributed by atoms with Crippen molar-refractivity contribution in [2.45, 2.75) is 64.2 Å². The Morgan fingerprint density at radius 3 is 2.36 bits per heavy atom. The number of methoxy groups -OCH3 is 1. The molecular weight excluding hydrogens is 666 g/mol. The van der Waals surface area contributed by atoms with Crippen LogP contribution in [0, 0.1) is 20.8 Å². The topological polar surface area (TPSA) is 78.4 Å². The predicted octanol–water partition coefficient (Wildman–Crippen LogP) is 7.10. The molecule has 0 saturated heterocycles. The molecule has 10 heteroatoms. The molecule has 0 aliphatic heterocycles. The maximum absolute atomic E-state index is 14.0. The van der Waals surface area contributed by atoms with Gasteiger partial charge in [-0.25, -0.2) is 8.42 Å². The van der Waals surface area contributed by atoms with Gasteiger partial charge in [-0.05, 0) is 100 Å². The molecule has 264 valence electrons. The largest absolute Gasteiger partial charge is 0.497 e. The minimum atomic E-state index is -3.75. The molecule has 2 aromatic heterocycles. The molecule has 0 bridgehead atoms. The lowest BCUT2D eigenvalue weighted by Gasteiger charge is -2.24. The summed E-state index contributed by atoms with van der Waals surface area (Å²) in [5.41, 5.74) is 11.0. The van der Waals surface area contributed by atoms with Crippen LogP contribution in [-0.2, 0) is 37.0 Å². The lowest BCUT2D eigenvalue weighted by Crippen LogP contribution is -2.38. The number of benzene rings is 3. The monoisotopic (exact) mass is 715 g/mol. The first kappa shape index (κ1) is 35.9. The molecule has 3 aromatic carbocycles. The van der Waals surface area contributed by atoms with E-state index < -0.39 is 10.0 Å². The van der Waals surface area contributed by atoms with Gasteiger partial charge < -0.3 is 15.4 Å². The van der Waals surface area contributed by atoms with Gasteiger partial charge in [-0.15, -0.1) is 0 Å². The first-order valence-corrected chi connectivity index (χ1v) is 19.5. The average molecular weight is 716 g/mol. The molecule has 0 saturated carbocycles. The van der Waals surface area contributed by atoms with Crippen LogP contribution in [0.5, 0.6) is 5.75 Å². The SMILES string of the molecule is COc1ccc(S(=O)(=O)N(CCCCNc2c3c([n+](C)c4c(C)cc(C)cc24)CCCC3)CCNc2cc(C)[n+](C)c3ccc(Cl)cc23)cc1. The van der Waals surface area contributed by atoms with Crippen molar-refractivity contribution in [1.29, 1.82) is 0 Å². The normalized spacial score (nSPS) is 13.2. The number of aromatic nitrogens is 2. The highest BCUT2D eigenvalue weighted by molar-refractivity contribution is 7.89. The molecule has 50 heavy (non-hydrogen) atoms. The third kappa shape index (κ3) is 7.27. The predicted molar refractivity (Wildman–Crippen MR) is 204 cm³/mol. The Morgan fingerprint density at radius 1 is 0.840 bits per heavy atom. The second kappa shape index (κ2) is 15.1. The molecule has 0 spiro atoms. The summed E-state index contributed by atoms with van der Waals surface area (Å²) in [5, 5.41) is 10.3.